The summed E-state index contributed by atoms with van der Waals surface area (Å²) in [4.78, 5) is 18.5. The number of aliphatic carboxylic acids is 1. The minimum atomic E-state index is -1.79. The van der Waals surface area contributed by atoms with Crippen molar-refractivity contribution in [1.29, 1.82) is 0 Å². The molecule has 0 bridgehead atoms. The van der Waals surface area contributed by atoms with Crippen LogP contribution in [-0.2, 0) is 11.2 Å². The van der Waals surface area contributed by atoms with Crippen molar-refractivity contribution in [3.8, 4) is 0 Å². The Morgan fingerprint density at radius 2 is 2.14 bits per heavy atom. The molecule has 0 saturated carbocycles. The molecule has 14 heavy (non-hydrogen) atoms. The number of hydrogen-bond acceptors (Lipinski definition) is 4. The largest absolute Gasteiger partial charge is 0.479 e. The number of aryl methyl sites for hydroxylation is 1. The molecule has 1 aromatic heterocycles. The predicted octanol–water partition coefficient (Wildman–Crippen LogP) is 0.163. The molecular weight excluding hydrogens is 184 g/mol. The second-order valence-electron chi connectivity index (χ2n) is 3.40. The summed E-state index contributed by atoms with van der Waals surface area (Å²) in [6.45, 7) is 3.02. The fourth-order valence-electron chi connectivity index (χ4n) is 0.939. The SMILES string of the molecule is Cc1cnc(CC(C)(O)C(=O)O)cn1. The molecule has 5 nitrogen and oxygen atoms in total. The van der Waals surface area contributed by atoms with Gasteiger partial charge in [-0.25, -0.2) is 4.79 Å². The number of aromatic nitrogens is 2. The Balaban J connectivity index is 2.79. The lowest BCUT2D eigenvalue weighted by Crippen LogP contribution is -2.37. The van der Waals surface area contributed by atoms with Gasteiger partial charge in [-0.2, -0.15) is 0 Å². The highest BCUT2D eigenvalue weighted by Gasteiger charge is 2.30. The van der Waals surface area contributed by atoms with Crippen molar-refractivity contribution >= 4 is 5.97 Å². The summed E-state index contributed by atoms with van der Waals surface area (Å²) in [5, 5.41) is 18.1. The topological polar surface area (TPSA) is 83.3 Å². The summed E-state index contributed by atoms with van der Waals surface area (Å²) in [5.74, 6) is -1.26. The van der Waals surface area contributed by atoms with Crippen molar-refractivity contribution in [2.75, 3.05) is 0 Å². The third kappa shape index (κ3) is 2.50. The Bertz CT molecular complexity index is 332. The highest BCUT2D eigenvalue weighted by atomic mass is 16.4. The third-order valence-electron chi connectivity index (χ3n) is 1.82. The Morgan fingerprint density at radius 3 is 2.57 bits per heavy atom. The van der Waals surface area contributed by atoms with Crippen LogP contribution in [0, 0.1) is 6.92 Å². The van der Waals surface area contributed by atoms with Crippen molar-refractivity contribution in [3.63, 3.8) is 0 Å². The smallest absolute Gasteiger partial charge is 0.335 e. The monoisotopic (exact) mass is 196 g/mol. The number of carboxylic acids is 1. The molecule has 0 amide bonds. The molecule has 1 rings (SSSR count). The van der Waals surface area contributed by atoms with E-state index in [1.807, 2.05) is 0 Å². The maximum Gasteiger partial charge on any atom is 0.335 e. The van der Waals surface area contributed by atoms with Gasteiger partial charge in [-0.1, -0.05) is 0 Å². The maximum atomic E-state index is 10.6. The van der Waals surface area contributed by atoms with Gasteiger partial charge in [0, 0.05) is 18.8 Å². The molecule has 1 aromatic rings. The van der Waals surface area contributed by atoms with E-state index in [2.05, 4.69) is 9.97 Å². The van der Waals surface area contributed by atoms with Gasteiger partial charge in [0.1, 0.15) is 0 Å². The fraction of sp³-hybridized carbons (Fsp3) is 0.444. The molecule has 0 aromatic carbocycles. The summed E-state index contributed by atoms with van der Waals surface area (Å²) in [7, 11) is 0. The lowest BCUT2D eigenvalue weighted by atomic mass is 10.0. The van der Waals surface area contributed by atoms with Crippen molar-refractivity contribution in [2.24, 2.45) is 0 Å². The summed E-state index contributed by atoms with van der Waals surface area (Å²) in [6, 6.07) is 0. The number of hydrogen-bond donors (Lipinski definition) is 2. The zero-order valence-electron chi connectivity index (χ0n) is 8.06. The lowest BCUT2D eigenvalue weighted by molar-refractivity contribution is -0.156. The average Bonchev–Trinajstić information content (AvgIpc) is 2.08. The minimum absolute atomic E-state index is 0.0460. The van der Waals surface area contributed by atoms with Gasteiger partial charge in [0.15, 0.2) is 5.60 Å². The van der Waals surface area contributed by atoms with Gasteiger partial charge in [-0.3, -0.25) is 9.97 Å². The number of nitrogens with zero attached hydrogens (tertiary/aromatic N) is 2. The van der Waals surface area contributed by atoms with E-state index >= 15 is 0 Å². The molecule has 0 aliphatic heterocycles. The maximum absolute atomic E-state index is 10.6. The van der Waals surface area contributed by atoms with Crippen LogP contribution in [-0.4, -0.2) is 31.8 Å². The molecule has 76 valence electrons. The van der Waals surface area contributed by atoms with E-state index in [0.717, 1.165) is 5.69 Å². The number of carbonyl (C=O) groups is 1. The highest BCUT2D eigenvalue weighted by molar-refractivity contribution is 5.76. The quantitative estimate of drug-likeness (QED) is 0.719. The minimum Gasteiger partial charge on any atom is -0.479 e. The van der Waals surface area contributed by atoms with Crippen LogP contribution in [0.2, 0.25) is 0 Å². The lowest BCUT2D eigenvalue weighted by Gasteiger charge is -2.16. The molecule has 1 unspecified atom stereocenters. The van der Waals surface area contributed by atoms with Gasteiger partial charge < -0.3 is 10.2 Å². The van der Waals surface area contributed by atoms with Crippen LogP contribution in [0.4, 0.5) is 0 Å². The number of aliphatic hydroxyl groups is 1. The van der Waals surface area contributed by atoms with Crippen LogP contribution in [0.3, 0.4) is 0 Å². The van der Waals surface area contributed by atoms with Crippen LogP contribution in [0.25, 0.3) is 0 Å². The molecule has 0 saturated heterocycles. The highest BCUT2D eigenvalue weighted by Crippen LogP contribution is 2.10. The Kier molecular flexibility index (Phi) is 2.81. The Morgan fingerprint density at radius 1 is 1.50 bits per heavy atom. The standard InChI is InChI=1S/C9H12N2O3/c1-6-4-11-7(5-10-6)3-9(2,14)8(12)13/h4-5,14H,3H2,1-2H3,(H,12,13). The fourth-order valence-corrected chi connectivity index (χ4v) is 0.939. The normalized spacial score (nSPS) is 14.8. The van der Waals surface area contributed by atoms with E-state index in [1.165, 1.54) is 19.3 Å². The zero-order chi connectivity index (χ0) is 10.8. The molecule has 1 heterocycles. The van der Waals surface area contributed by atoms with E-state index in [9.17, 15) is 9.90 Å². The third-order valence-corrected chi connectivity index (χ3v) is 1.82. The predicted molar refractivity (Wildman–Crippen MR) is 48.7 cm³/mol. The Labute approximate surface area is 81.4 Å². The molecule has 2 N–H and O–H groups in total. The van der Waals surface area contributed by atoms with E-state index in [4.69, 9.17) is 5.11 Å². The van der Waals surface area contributed by atoms with Crippen molar-refractivity contribution in [3.05, 3.63) is 23.8 Å². The van der Waals surface area contributed by atoms with Gasteiger partial charge >= 0.3 is 5.97 Å². The van der Waals surface area contributed by atoms with Crippen molar-refractivity contribution in [2.45, 2.75) is 25.9 Å². The summed E-state index contributed by atoms with van der Waals surface area (Å²) in [5.41, 5.74) is -0.573. The van der Waals surface area contributed by atoms with Gasteiger partial charge in [0.05, 0.1) is 11.4 Å². The van der Waals surface area contributed by atoms with Gasteiger partial charge in [-0.15, -0.1) is 0 Å². The molecule has 0 fully saturated rings. The molecule has 1 atom stereocenters. The first-order valence-corrected chi connectivity index (χ1v) is 4.15. The summed E-state index contributed by atoms with van der Waals surface area (Å²) in [6.07, 6.45) is 2.95. The number of carboxylic acid groups (broad SMARTS) is 1. The molecule has 0 aliphatic carbocycles. The van der Waals surface area contributed by atoms with Gasteiger partial charge in [0.2, 0.25) is 0 Å². The molecular formula is C9H12N2O3. The first-order chi connectivity index (χ1) is 6.42. The molecule has 0 spiro atoms. The molecule has 0 radical (unpaired) electrons. The van der Waals surface area contributed by atoms with E-state index < -0.39 is 11.6 Å². The molecule has 0 aliphatic rings. The van der Waals surface area contributed by atoms with Gasteiger partial charge in [0.25, 0.3) is 0 Å². The first-order valence-electron chi connectivity index (χ1n) is 4.15. The number of rotatable bonds is 3. The van der Waals surface area contributed by atoms with Crippen LogP contribution in [0.5, 0.6) is 0 Å². The van der Waals surface area contributed by atoms with Crippen LogP contribution >= 0.6 is 0 Å². The van der Waals surface area contributed by atoms with Crippen LogP contribution in [0.1, 0.15) is 18.3 Å². The van der Waals surface area contributed by atoms with E-state index in [-0.39, 0.29) is 6.42 Å². The van der Waals surface area contributed by atoms with Crippen LogP contribution in [0.15, 0.2) is 12.4 Å². The van der Waals surface area contributed by atoms with Crippen LogP contribution < -0.4 is 0 Å². The molecule has 5 heteroatoms. The van der Waals surface area contributed by atoms with E-state index in [0.29, 0.717) is 5.69 Å². The summed E-state index contributed by atoms with van der Waals surface area (Å²) < 4.78 is 0. The first kappa shape index (κ1) is 10.6. The zero-order valence-corrected chi connectivity index (χ0v) is 8.06. The average molecular weight is 196 g/mol. The second-order valence-corrected chi connectivity index (χ2v) is 3.40. The van der Waals surface area contributed by atoms with Crippen molar-refractivity contribution in [1.82, 2.24) is 9.97 Å². The van der Waals surface area contributed by atoms with Gasteiger partial charge in [-0.05, 0) is 13.8 Å². The second kappa shape index (κ2) is 3.71. The van der Waals surface area contributed by atoms with E-state index in [1.54, 1.807) is 6.92 Å². The van der Waals surface area contributed by atoms with Crippen molar-refractivity contribution < 1.29 is 15.0 Å². The summed E-state index contributed by atoms with van der Waals surface area (Å²) >= 11 is 0. The Hall–Kier alpha value is -1.49.